The van der Waals surface area contributed by atoms with Gasteiger partial charge in [0.25, 0.3) is 0 Å². The van der Waals surface area contributed by atoms with Gasteiger partial charge in [0.2, 0.25) is 0 Å². The third kappa shape index (κ3) is 3.29. The summed E-state index contributed by atoms with van der Waals surface area (Å²) in [6, 6.07) is 0.559. The molecule has 0 amide bonds. The smallest absolute Gasteiger partial charge is 0.0855 e. The van der Waals surface area contributed by atoms with E-state index >= 15 is 0 Å². The van der Waals surface area contributed by atoms with Crippen molar-refractivity contribution in [2.24, 2.45) is 7.05 Å². The molecule has 1 aliphatic heterocycles. The Balaban J connectivity index is 1.98. The van der Waals surface area contributed by atoms with Crippen molar-refractivity contribution in [2.75, 3.05) is 13.1 Å². The van der Waals surface area contributed by atoms with E-state index < -0.39 is 5.60 Å². The lowest BCUT2D eigenvalue weighted by Crippen LogP contribution is -2.35. The van der Waals surface area contributed by atoms with Gasteiger partial charge in [-0.3, -0.25) is 4.68 Å². The summed E-state index contributed by atoms with van der Waals surface area (Å²) in [5, 5.41) is 18.7. The summed E-state index contributed by atoms with van der Waals surface area (Å²) in [6.45, 7) is 6.48. The highest BCUT2D eigenvalue weighted by atomic mass is 16.3. The SMILES string of the molecule is CC(C)N1CCCC(O)(Cc2cn(C)nn2)CC1. The molecule has 1 aliphatic rings. The van der Waals surface area contributed by atoms with Crippen LogP contribution in [-0.4, -0.2) is 49.7 Å². The molecular formula is C13H24N4O. The molecule has 1 aromatic rings. The van der Waals surface area contributed by atoms with Crippen LogP contribution in [0.25, 0.3) is 0 Å². The Kier molecular flexibility index (Phi) is 4.02. The van der Waals surface area contributed by atoms with E-state index in [4.69, 9.17) is 0 Å². The maximum Gasteiger partial charge on any atom is 0.0855 e. The van der Waals surface area contributed by atoms with Gasteiger partial charge in [-0.1, -0.05) is 5.21 Å². The van der Waals surface area contributed by atoms with Gasteiger partial charge in [-0.2, -0.15) is 0 Å². The summed E-state index contributed by atoms with van der Waals surface area (Å²) < 4.78 is 1.69. The van der Waals surface area contributed by atoms with Gasteiger partial charge < -0.3 is 10.0 Å². The van der Waals surface area contributed by atoms with Gasteiger partial charge in [0, 0.05) is 32.3 Å². The van der Waals surface area contributed by atoms with Gasteiger partial charge in [-0.25, -0.2) is 0 Å². The van der Waals surface area contributed by atoms with Crippen LogP contribution in [-0.2, 0) is 13.5 Å². The molecule has 5 heteroatoms. The van der Waals surface area contributed by atoms with Gasteiger partial charge >= 0.3 is 0 Å². The first-order valence-corrected chi connectivity index (χ1v) is 6.80. The molecule has 1 saturated heterocycles. The first kappa shape index (κ1) is 13.5. The molecule has 1 fully saturated rings. The zero-order chi connectivity index (χ0) is 13.2. The van der Waals surface area contributed by atoms with Gasteiger partial charge in [0.05, 0.1) is 11.3 Å². The third-order valence-corrected chi connectivity index (χ3v) is 3.84. The van der Waals surface area contributed by atoms with E-state index in [9.17, 15) is 5.11 Å². The summed E-state index contributed by atoms with van der Waals surface area (Å²) in [4.78, 5) is 2.44. The lowest BCUT2D eigenvalue weighted by atomic mass is 9.90. The van der Waals surface area contributed by atoms with Crippen LogP contribution < -0.4 is 0 Å². The lowest BCUT2D eigenvalue weighted by molar-refractivity contribution is 0.0239. The van der Waals surface area contributed by atoms with Crippen molar-refractivity contribution in [2.45, 2.75) is 51.2 Å². The Labute approximate surface area is 109 Å². The fourth-order valence-corrected chi connectivity index (χ4v) is 2.71. The Morgan fingerprint density at radius 1 is 1.39 bits per heavy atom. The summed E-state index contributed by atoms with van der Waals surface area (Å²) >= 11 is 0. The highest BCUT2D eigenvalue weighted by Crippen LogP contribution is 2.26. The number of aryl methyl sites for hydroxylation is 1. The molecule has 1 aromatic heterocycles. The standard InChI is InChI=1S/C13H24N4O/c1-11(2)17-7-4-5-13(18,6-8-17)9-12-10-16(3)15-14-12/h10-11,18H,4-9H2,1-3H3. The van der Waals surface area contributed by atoms with Crippen LogP contribution in [0.15, 0.2) is 6.20 Å². The minimum Gasteiger partial charge on any atom is -0.389 e. The van der Waals surface area contributed by atoms with E-state index in [2.05, 4.69) is 29.1 Å². The number of rotatable bonds is 3. The fraction of sp³-hybridized carbons (Fsp3) is 0.846. The summed E-state index contributed by atoms with van der Waals surface area (Å²) in [6.07, 6.45) is 5.24. The molecule has 1 unspecified atom stereocenters. The van der Waals surface area contributed by atoms with Gasteiger partial charge in [-0.05, 0) is 39.7 Å². The number of aliphatic hydroxyl groups is 1. The molecule has 2 heterocycles. The van der Waals surface area contributed by atoms with Crippen molar-refractivity contribution < 1.29 is 5.11 Å². The first-order valence-electron chi connectivity index (χ1n) is 6.80. The van der Waals surface area contributed by atoms with Gasteiger partial charge in [0.1, 0.15) is 0 Å². The zero-order valence-electron chi connectivity index (χ0n) is 11.6. The molecule has 1 N–H and O–H groups in total. The summed E-state index contributed by atoms with van der Waals surface area (Å²) in [5.74, 6) is 0. The van der Waals surface area contributed by atoms with Crippen molar-refractivity contribution in [1.82, 2.24) is 19.9 Å². The summed E-state index contributed by atoms with van der Waals surface area (Å²) in [7, 11) is 1.86. The van der Waals surface area contributed by atoms with Crippen LogP contribution in [0.4, 0.5) is 0 Å². The van der Waals surface area contributed by atoms with Crippen LogP contribution >= 0.6 is 0 Å². The van der Waals surface area contributed by atoms with E-state index in [1.807, 2.05) is 13.2 Å². The maximum atomic E-state index is 10.7. The number of nitrogens with zero attached hydrogens (tertiary/aromatic N) is 4. The molecule has 0 spiro atoms. The Morgan fingerprint density at radius 2 is 2.17 bits per heavy atom. The molecule has 5 nitrogen and oxygen atoms in total. The zero-order valence-corrected chi connectivity index (χ0v) is 11.6. The molecule has 1 atom stereocenters. The molecule has 2 rings (SSSR count). The topological polar surface area (TPSA) is 54.2 Å². The van der Waals surface area contributed by atoms with Crippen molar-refractivity contribution in [3.05, 3.63) is 11.9 Å². The highest BCUT2D eigenvalue weighted by molar-refractivity contribution is 5.00. The minimum absolute atomic E-state index is 0.559. The third-order valence-electron chi connectivity index (χ3n) is 3.84. The highest BCUT2D eigenvalue weighted by Gasteiger charge is 2.31. The van der Waals surface area contributed by atoms with E-state index in [1.165, 1.54) is 0 Å². The molecule has 0 aromatic carbocycles. The Bertz CT molecular complexity index is 390. The average Bonchev–Trinajstić information content (AvgIpc) is 2.58. The molecule has 0 radical (unpaired) electrons. The largest absolute Gasteiger partial charge is 0.389 e. The van der Waals surface area contributed by atoms with Crippen molar-refractivity contribution in [1.29, 1.82) is 0 Å². The number of aromatic nitrogens is 3. The second kappa shape index (κ2) is 5.36. The second-order valence-corrected chi connectivity index (χ2v) is 5.77. The van der Waals surface area contributed by atoms with E-state index in [-0.39, 0.29) is 0 Å². The number of hydrogen-bond acceptors (Lipinski definition) is 4. The summed E-state index contributed by atoms with van der Waals surface area (Å²) in [5.41, 5.74) is 0.276. The van der Waals surface area contributed by atoms with Crippen LogP contribution in [0, 0.1) is 0 Å². The fourth-order valence-electron chi connectivity index (χ4n) is 2.71. The van der Waals surface area contributed by atoms with E-state index in [0.717, 1.165) is 38.0 Å². The average molecular weight is 252 g/mol. The maximum absolute atomic E-state index is 10.7. The minimum atomic E-state index is -0.611. The van der Waals surface area contributed by atoms with Crippen molar-refractivity contribution in [3.63, 3.8) is 0 Å². The Hall–Kier alpha value is -0.940. The number of hydrogen-bond donors (Lipinski definition) is 1. The quantitative estimate of drug-likeness (QED) is 0.871. The molecule has 18 heavy (non-hydrogen) atoms. The van der Waals surface area contributed by atoms with Crippen LogP contribution in [0.5, 0.6) is 0 Å². The molecule has 0 aliphatic carbocycles. The first-order chi connectivity index (χ1) is 8.48. The van der Waals surface area contributed by atoms with Gasteiger partial charge in [0.15, 0.2) is 0 Å². The van der Waals surface area contributed by atoms with Crippen LogP contribution in [0.1, 0.15) is 38.8 Å². The second-order valence-electron chi connectivity index (χ2n) is 5.77. The number of likely N-dealkylation sites (tertiary alicyclic amines) is 1. The van der Waals surface area contributed by atoms with E-state index in [1.54, 1.807) is 4.68 Å². The molecule has 0 saturated carbocycles. The predicted octanol–water partition coefficient (Wildman–Crippen LogP) is 0.983. The lowest BCUT2D eigenvalue weighted by Gasteiger charge is -2.27. The normalized spacial score (nSPS) is 26.5. The van der Waals surface area contributed by atoms with Crippen LogP contribution in [0.3, 0.4) is 0 Å². The van der Waals surface area contributed by atoms with Crippen molar-refractivity contribution >= 4 is 0 Å². The monoisotopic (exact) mass is 252 g/mol. The Morgan fingerprint density at radius 3 is 2.78 bits per heavy atom. The van der Waals surface area contributed by atoms with E-state index in [0.29, 0.717) is 12.5 Å². The molecular weight excluding hydrogens is 228 g/mol. The molecule has 102 valence electrons. The van der Waals surface area contributed by atoms with Crippen molar-refractivity contribution in [3.8, 4) is 0 Å². The van der Waals surface area contributed by atoms with Gasteiger partial charge in [-0.15, -0.1) is 5.10 Å². The predicted molar refractivity (Wildman–Crippen MR) is 70.2 cm³/mol. The molecule has 0 bridgehead atoms. The van der Waals surface area contributed by atoms with Crippen LogP contribution in [0.2, 0.25) is 0 Å².